The van der Waals surface area contributed by atoms with Crippen LogP contribution in [-0.4, -0.2) is 10.2 Å². The quantitative estimate of drug-likeness (QED) is 0.761. The van der Waals surface area contributed by atoms with Crippen LogP contribution in [0.4, 0.5) is 0 Å². The third kappa shape index (κ3) is 1.52. The van der Waals surface area contributed by atoms with Crippen LogP contribution >= 0.6 is 0 Å². The molecule has 4 nitrogen and oxygen atoms in total. The van der Waals surface area contributed by atoms with Crippen LogP contribution in [0.25, 0.3) is 11.0 Å². The average molecular weight is 220 g/mol. The molecule has 0 bridgehead atoms. The molecule has 0 aliphatic carbocycles. The zero-order chi connectivity index (χ0) is 11.7. The first kappa shape index (κ1) is 10.5. The highest BCUT2D eigenvalue weighted by atomic mass is 16.4. The summed E-state index contributed by atoms with van der Waals surface area (Å²) in [5, 5.41) is 19.1. The molecule has 0 radical (unpaired) electrons. The molecular formula is C12H12O4. The summed E-state index contributed by atoms with van der Waals surface area (Å²) in [5.41, 5.74) is 0.461. The highest BCUT2D eigenvalue weighted by Gasteiger charge is 2.12. The van der Waals surface area contributed by atoms with Gasteiger partial charge in [-0.05, 0) is 18.6 Å². The van der Waals surface area contributed by atoms with E-state index < -0.39 is 5.75 Å². The fourth-order valence-corrected chi connectivity index (χ4v) is 1.66. The number of hydrogen-bond acceptors (Lipinski definition) is 4. The van der Waals surface area contributed by atoms with Gasteiger partial charge in [0.25, 0.3) is 0 Å². The van der Waals surface area contributed by atoms with Crippen LogP contribution in [-0.2, 0) is 6.42 Å². The summed E-state index contributed by atoms with van der Waals surface area (Å²) in [6, 6.07) is 2.74. The first-order valence-electron chi connectivity index (χ1n) is 5.10. The van der Waals surface area contributed by atoms with Gasteiger partial charge in [-0.15, -0.1) is 0 Å². The molecule has 2 N–H and O–H groups in total. The predicted octanol–water partition coefficient (Wildman–Crippen LogP) is 2.16. The summed E-state index contributed by atoms with van der Waals surface area (Å²) in [4.78, 5) is 11.9. The molecule has 0 atom stereocenters. The number of phenols is 2. The third-order valence-electron chi connectivity index (χ3n) is 2.48. The maximum atomic E-state index is 11.9. The fourth-order valence-electron chi connectivity index (χ4n) is 1.66. The molecule has 0 unspecified atom stereocenters. The van der Waals surface area contributed by atoms with E-state index in [1.807, 2.05) is 6.92 Å². The number of hydrogen-bond donors (Lipinski definition) is 2. The molecule has 0 fully saturated rings. The lowest BCUT2D eigenvalue weighted by Crippen LogP contribution is -2.08. The Bertz CT molecular complexity index is 583. The van der Waals surface area contributed by atoms with Gasteiger partial charge in [-0.3, -0.25) is 4.79 Å². The maximum Gasteiger partial charge on any atom is 0.201 e. The third-order valence-corrected chi connectivity index (χ3v) is 2.48. The Kier molecular flexibility index (Phi) is 2.56. The van der Waals surface area contributed by atoms with Gasteiger partial charge < -0.3 is 14.6 Å². The molecule has 4 heteroatoms. The van der Waals surface area contributed by atoms with Gasteiger partial charge >= 0.3 is 0 Å². The normalized spacial score (nSPS) is 10.8. The molecule has 2 rings (SSSR count). The molecule has 0 aliphatic heterocycles. The summed E-state index contributed by atoms with van der Waals surface area (Å²) in [6.07, 6.45) is 2.83. The van der Waals surface area contributed by atoms with Crippen molar-refractivity contribution in [3.63, 3.8) is 0 Å². The first-order chi connectivity index (χ1) is 7.65. The van der Waals surface area contributed by atoms with E-state index in [0.29, 0.717) is 17.4 Å². The zero-order valence-corrected chi connectivity index (χ0v) is 8.86. The monoisotopic (exact) mass is 220 g/mol. The van der Waals surface area contributed by atoms with Crippen molar-refractivity contribution >= 4 is 11.0 Å². The number of rotatable bonds is 2. The molecule has 0 saturated carbocycles. The van der Waals surface area contributed by atoms with Gasteiger partial charge in [0.2, 0.25) is 5.75 Å². The van der Waals surface area contributed by atoms with E-state index in [9.17, 15) is 15.0 Å². The van der Waals surface area contributed by atoms with Crippen LogP contribution in [0, 0.1) is 0 Å². The van der Waals surface area contributed by atoms with Crippen molar-refractivity contribution in [3.8, 4) is 11.5 Å². The lowest BCUT2D eigenvalue weighted by molar-refractivity contribution is 0.399. The van der Waals surface area contributed by atoms with E-state index in [1.165, 1.54) is 18.4 Å². The summed E-state index contributed by atoms with van der Waals surface area (Å²) < 4.78 is 5.18. The smallest absolute Gasteiger partial charge is 0.201 e. The molecule has 0 spiro atoms. The number of phenolic OH excluding ortho intramolecular Hbond substituents is 2. The highest BCUT2D eigenvalue weighted by Crippen LogP contribution is 2.32. The Hall–Kier alpha value is -1.97. The van der Waals surface area contributed by atoms with E-state index in [4.69, 9.17) is 4.42 Å². The van der Waals surface area contributed by atoms with Gasteiger partial charge in [0.15, 0.2) is 16.8 Å². The summed E-state index contributed by atoms with van der Waals surface area (Å²) in [6.45, 7) is 1.97. The Morgan fingerprint density at radius 1 is 1.31 bits per heavy atom. The lowest BCUT2D eigenvalue weighted by Gasteiger charge is -2.03. The molecule has 0 saturated heterocycles. The number of aromatic hydroxyl groups is 2. The van der Waals surface area contributed by atoms with Gasteiger partial charge in [-0.2, -0.15) is 0 Å². The van der Waals surface area contributed by atoms with E-state index in [-0.39, 0.29) is 16.8 Å². The number of fused-ring (bicyclic) bond motifs is 1. The van der Waals surface area contributed by atoms with E-state index >= 15 is 0 Å². The van der Waals surface area contributed by atoms with Crippen molar-refractivity contribution in [2.75, 3.05) is 0 Å². The van der Waals surface area contributed by atoms with Gasteiger partial charge in [0, 0.05) is 5.56 Å². The van der Waals surface area contributed by atoms with Gasteiger partial charge in [-0.1, -0.05) is 13.3 Å². The molecule has 1 aromatic carbocycles. The Labute approximate surface area is 91.8 Å². The Balaban J connectivity index is 2.77. The zero-order valence-electron chi connectivity index (χ0n) is 8.86. The molecule has 84 valence electrons. The first-order valence-corrected chi connectivity index (χ1v) is 5.10. The second-order valence-corrected chi connectivity index (χ2v) is 3.65. The average Bonchev–Trinajstić information content (AvgIpc) is 2.28. The van der Waals surface area contributed by atoms with Gasteiger partial charge in [0.1, 0.15) is 0 Å². The van der Waals surface area contributed by atoms with Crippen LogP contribution < -0.4 is 5.43 Å². The standard InChI is InChI=1S/C12H12O4/c1-2-3-7-6-16-12-8(10(7)14)4-5-9(13)11(12)15/h4-6,13,15H,2-3H2,1H3. The summed E-state index contributed by atoms with van der Waals surface area (Å²) >= 11 is 0. The number of benzene rings is 1. The second-order valence-electron chi connectivity index (χ2n) is 3.65. The second kappa shape index (κ2) is 3.89. The van der Waals surface area contributed by atoms with Gasteiger partial charge in [0.05, 0.1) is 11.6 Å². The van der Waals surface area contributed by atoms with Gasteiger partial charge in [-0.25, -0.2) is 0 Å². The van der Waals surface area contributed by atoms with E-state index in [0.717, 1.165) is 6.42 Å². The fraction of sp³-hybridized carbons (Fsp3) is 0.250. The predicted molar refractivity (Wildman–Crippen MR) is 59.8 cm³/mol. The van der Waals surface area contributed by atoms with Crippen LogP contribution in [0.5, 0.6) is 11.5 Å². The molecule has 1 heterocycles. The van der Waals surface area contributed by atoms with Crippen molar-refractivity contribution < 1.29 is 14.6 Å². The molecule has 0 amide bonds. The molecule has 16 heavy (non-hydrogen) atoms. The summed E-state index contributed by atoms with van der Waals surface area (Å²) in [5.74, 6) is -0.684. The van der Waals surface area contributed by atoms with Crippen molar-refractivity contribution in [2.24, 2.45) is 0 Å². The molecule has 0 aliphatic rings. The van der Waals surface area contributed by atoms with E-state index in [1.54, 1.807) is 0 Å². The van der Waals surface area contributed by atoms with Crippen LogP contribution in [0.1, 0.15) is 18.9 Å². The summed E-state index contributed by atoms with van der Waals surface area (Å²) in [7, 11) is 0. The Morgan fingerprint density at radius 3 is 2.75 bits per heavy atom. The topological polar surface area (TPSA) is 70.7 Å². The Morgan fingerprint density at radius 2 is 2.06 bits per heavy atom. The molecule has 2 aromatic rings. The number of aryl methyl sites for hydroxylation is 1. The minimum Gasteiger partial charge on any atom is -0.504 e. The van der Waals surface area contributed by atoms with Crippen molar-refractivity contribution in [3.05, 3.63) is 34.2 Å². The lowest BCUT2D eigenvalue weighted by atomic mass is 10.1. The van der Waals surface area contributed by atoms with Crippen molar-refractivity contribution in [1.29, 1.82) is 0 Å². The minimum atomic E-state index is -0.391. The van der Waals surface area contributed by atoms with Crippen molar-refractivity contribution in [2.45, 2.75) is 19.8 Å². The van der Waals surface area contributed by atoms with E-state index in [2.05, 4.69) is 0 Å². The molecule has 1 aromatic heterocycles. The van der Waals surface area contributed by atoms with Crippen LogP contribution in [0.2, 0.25) is 0 Å². The SMILES string of the molecule is CCCc1coc2c(O)c(O)ccc2c1=O. The van der Waals surface area contributed by atoms with Crippen LogP contribution in [0.15, 0.2) is 27.6 Å². The largest absolute Gasteiger partial charge is 0.504 e. The highest BCUT2D eigenvalue weighted by molar-refractivity contribution is 5.84. The van der Waals surface area contributed by atoms with Crippen molar-refractivity contribution in [1.82, 2.24) is 0 Å². The maximum absolute atomic E-state index is 11.9. The molecular weight excluding hydrogens is 208 g/mol. The minimum absolute atomic E-state index is 0.0323. The van der Waals surface area contributed by atoms with Crippen LogP contribution in [0.3, 0.4) is 0 Å².